The summed E-state index contributed by atoms with van der Waals surface area (Å²) in [5.41, 5.74) is 6.58. The molecule has 6 heteroatoms. The van der Waals surface area contributed by atoms with E-state index in [1.807, 2.05) is 12.1 Å². The van der Waals surface area contributed by atoms with Gasteiger partial charge in [-0.3, -0.25) is 4.98 Å². The van der Waals surface area contributed by atoms with Gasteiger partial charge in [0, 0.05) is 18.8 Å². The molecule has 0 aromatic carbocycles. The minimum Gasteiger partial charge on any atom is -0.330 e. The molecule has 0 radical (unpaired) electrons. The summed E-state index contributed by atoms with van der Waals surface area (Å²) in [5, 5.41) is 11.4. The summed E-state index contributed by atoms with van der Waals surface area (Å²) in [6, 6.07) is 3.88. The van der Waals surface area contributed by atoms with Crippen LogP contribution in [0.1, 0.15) is 11.4 Å². The van der Waals surface area contributed by atoms with Crippen molar-refractivity contribution in [3.63, 3.8) is 0 Å². The maximum atomic E-state index is 5.46. The first-order valence-corrected chi connectivity index (χ1v) is 4.74. The molecule has 0 saturated heterocycles. The van der Waals surface area contributed by atoms with Crippen LogP contribution >= 0.6 is 0 Å². The number of rotatable bonds is 4. The van der Waals surface area contributed by atoms with Crippen LogP contribution in [0.15, 0.2) is 24.5 Å². The van der Waals surface area contributed by atoms with Crippen LogP contribution in [0, 0.1) is 0 Å². The van der Waals surface area contributed by atoms with E-state index in [0.717, 1.165) is 11.4 Å². The molecule has 6 nitrogen and oxygen atoms in total. The Morgan fingerprint density at radius 1 is 1.27 bits per heavy atom. The molecule has 0 amide bonds. The van der Waals surface area contributed by atoms with E-state index in [-0.39, 0.29) is 0 Å². The molecule has 0 spiro atoms. The molecule has 0 unspecified atom stereocenters. The number of hydrogen-bond donors (Lipinski definition) is 1. The lowest BCUT2D eigenvalue weighted by Gasteiger charge is -2.02. The monoisotopic (exact) mass is 204 g/mol. The Labute approximate surface area is 87.1 Å². The Kier molecular flexibility index (Phi) is 2.99. The summed E-state index contributed by atoms with van der Waals surface area (Å²) in [6.45, 7) is 1.21. The molecule has 0 aliphatic rings. The van der Waals surface area contributed by atoms with E-state index in [0.29, 0.717) is 19.5 Å². The quantitative estimate of drug-likeness (QED) is 0.734. The first-order valence-electron chi connectivity index (χ1n) is 4.74. The maximum absolute atomic E-state index is 5.46. The highest BCUT2D eigenvalue weighted by molar-refractivity contribution is 5.10. The average molecular weight is 204 g/mol. The van der Waals surface area contributed by atoms with Crippen LogP contribution in [-0.4, -0.2) is 31.7 Å². The van der Waals surface area contributed by atoms with Gasteiger partial charge in [-0.15, -0.1) is 5.10 Å². The average Bonchev–Trinajstić information content (AvgIpc) is 2.68. The van der Waals surface area contributed by atoms with E-state index < -0.39 is 0 Å². The fraction of sp³-hybridized carbons (Fsp3) is 0.333. The molecule has 2 N–H and O–H groups in total. The molecule has 0 atom stereocenters. The van der Waals surface area contributed by atoms with Crippen molar-refractivity contribution in [1.29, 1.82) is 0 Å². The molecular formula is C9H12N6. The summed E-state index contributed by atoms with van der Waals surface area (Å²) in [5.74, 6) is 0.814. The number of aromatic nitrogens is 5. The predicted molar refractivity (Wildman–Crippen MR) is 53.9 cm³/mol. The highest BCUT2D eigenvalue weighted by atomic mass is 15.5. The zero-order chi connectivity index (χ0) is 10.5. The summed E-state index contributed by atoms with van der Waals surface area (Å²) >= 11 is 0. The van der Waals surface area contributed by atoms with Gasteiger partial charge >= 0.3 is 0 Å². The molecule has 0 aliphatic heterocycles. The summed E-state index contributed by atoms with van der Waals surface area (Å²) in [4.78, 5) is 3.95. The number of nitrogens with zero attached hydrogens (tertiary/aromatic N) is 5. The topological polar surface area (TPSA) is 82.5 Å². The minimum absolute atomic E-state index is 0.552. The van der Waals surface area contributed by atoms with Crippen LogP contribution in [0.25, 0.3) is 0 Å². The van der Waals surface area contributed by atoms with Crippen LogP contribution in [0.4, 0.5) is 0 Å². The molecule has 0 aliphatic carbocycles. The lowest BCUT2D eigenvalue weighted by Crippen LogP contribution is -2.12. The molecule has 15 heavy (non-hydrogen) atoms. The molecule has 0 bridgehead atoms. The van der Waals surface area contributed by atoms with Gasteiger partial charge in [0.2, 0.25) is 0 Å². The Morgan fingerprint density at radius 3 is 2.80 bits per heavy atom. The molecule has 0 fully saturated rings. The van der Waals surface area contributed by atoms with Crippen LogP contribution in [0.2, 0.25) is 0 Å². The standard InChI is InChI=1S/C9H12N6/c10-4-1-9-12-13-14-15(9)7-8-2-5-11-6-3-8/h2-3,5-6H,1,4,7,10H2. The van der Waals surface area contributed by atoms with Crippen molar-refractivity contribution in [2.24, 2.45) is 5.73 Å². The number of tetrazole rings is 1. The van der Waals surface area contributed by atoms with Gasteiger partial charge in [0.15, 0.2) is 5.82 Å². The van der Waals surface area contributed by atoms with Gasteiger partial charge < -0.3 is 5.73 Å². The van der Waals surface area contributed by atoms with Crippen molar-refractivity contribution in [2.75, 3.05) is 6.54 Å². The summed E-state index contributed by atoms with van der Waals surface area (Å²) in [6.07, 6.45) is 4.20. The lowest BCUT2D eigenvalue weighted by atomic mass is 10.3. The van der Waals surface area contributed by atoms with Crippen LogP contribution in [-0.2, 0) is 13.0 Å². The van der Waals surface area contributed by atoms with Crippen LogP contribution in [0.3, 0.4) is 0 Å². The van der Waals surface area contributed by atoms with Crippen LogP contribution < -0.4 is 5.73 Å². The second-order valence-corrected chi connectivity index (χ2v) is 3.15. The van der Waals surface area contributed by atoms with E-state index in [2.05, 4.69) is 20.5 Å². The Morgan fingerprint density at radius 2 is 2.07 bits per heavy atom. The van der Waals surface area contributed by atoms with Crippen molar-refractivity contribution >= 4 is 0 Å². The van der Waals surface area contributed by atoms with E-state index >= 15 is 0 Å². The first kappa shape index (κ1) is 9.72. The van der Waals surface area contributed by atoms with Gasteiger partial charge in [-0.05, 0) is 34.7 Å². The molecule has 2 rings (SSSR count). The highest BCUT2D eigenvalue weighted by Crippen LogP contribution is 2.01. The zero-order valence-electron chi connectivity index (χ0n) is 8.24. The number of pyridine rings is 1. The molecule has 2 heterocycles. The fourth-order valence-corrected chi connectivity index (χ4v) is 1.32. The summed E-state index contributed by atoms with van der Waals surface area (Å²) in [7, 11) is 0. The smallest absolute Gasteiger partial charge is 0.152 e. The minimum atomic E-state index is 0.552. The third kappa shape index (κ3) is 2.35. The Balaban J connectivity index is 2.14. The van der Waals surface area contributed by atoms with E-state index in [9.17, 15) is 0 Å². The normalized spacial score (nSPS) is 10.5. The molecule has 0 saturated carbocycles. The van der Waals surface area contributed by atoms with E-state index in [4.69, 9.17) is 5.73 Å². The largest absolute Gasteiger partial charge is 0.330 e. The van der Waals surface area contributed by atoms with Crippen molar-refractivity contribution in [2.45, 2.75) is 13.0 Å². The van der Waals surface area contributed by atoms with Gasteiger partial charge in [-0.2, -0.15) is 0 Å². The third-order valence-corrected chi connectivity index (χ3v) is 2.06. The van der Waals surface area contributed by atoms with Crippen molar-refractivity contribution < 1.29 is 0 Å². The van der Waals surface area contributed by atoms with Gasteiger partial charge in [0.25, 0.3) is 0 Å². The van der Waals surface area contributed by atoms with E-state index in [1.165, 1.54) is 0 Å². The van der Waals surface area contributed by atoms with Crippen molar-refractivity contribution in [3.05, 3.63) is 35.9 Å². The third-order valence-electron chi connectivity index (χ3n) is 2.06. The summed E-state index contributed by atoms with van der Waals surface area (Å²) < 4.78 is 1.75. The van der Waals surface area contributed by atoms with E-state index in [1.54, 1.807) is 17.1 Å². The number of nitrogens with two attached hydrogens (primary N) is 1. The SMILES string of the molecule is NCCc1nnnn1Cc1ccncc1. The molecular weight excluding hydrogens is 192 g/mol. The molecule has 2 aromatic heterocycles. The van der Waals surface area contributed by atoms with Gasteiger partial charge in [0.1, 0.15) is 0 Å². The Bertz CT molecular complexity index is 410. The van der Waals surface area contributed by atoms with Gasteiger partial charge in [-0.25, -0.2) is 4.68 Å². The first-order chi connectivity index (χ1) is 7.40. The maximum Gasteiger partial charge on any atom is 0.152 e. The second-order valence-electron chi connectivity index (χ2n) is 3.15. The molecule has 78 valence electrons. The van der Waals surface area contributed by atoms with Crippen LogP contribution in [0.5, 0.6) is 0 Å². The van der Waals surface area contributed by atoms with Crippen molar-refractivity contribution in [3.8, 4) is 0 Å². The molecule has 2 aromatic rings. The lowest BCUT2D eigenvalue weighted by molar-refractivity contribution is 0.616. The van der Waals surface area contributed by atoms with Crippen molar-refractivity contribution in [1.82, 2.24) is 25.2 Å². The fourth-order valence-electron chi connectivity index (χ4n) is 1.32. The zero-order valence-corrected chi connectivity index (χ0v) is 8.24. The highest BCUT2D eigenvalue weighted by Gasteiger charge is 2.04. The van der Waals surface area contributed by atoms with Gasteiger partial charge in [0.05, 0.1) is 6.54 Å². The number of hydrogen-bond acceptors (Lipinski definition) is 5. The predicted octanol–water partition coefficient (Wildman–Crippen LogP) is -0.382. The second kappa shape index (κ2) is 4.61. The Hall–Kier alpha value is -1.82. The van der Waals surface area contributed by atoms with Gasteiger partial charge in [-0.1, -0.05) is 0 Å².